The maximum Gasteiger partial charge on any atom is 0.389 e. The first kappa shape index (κ1) is 12.4. The fraction of sp³-hybridized carbons (Fsp3) is 0.538. The molecule has 1 N–H and O–H groups in total. The van der Waals surface area contributed by atoms with Crippen LogP contribution < -0.4 is 0 Å². The van der Waals surface area contributed by atoms with Gasteiger partial charge in [-0.15, -0.1) is 0 Å². The van der Waals surface area contributed by atoms with Gasteiger partial charge in [0, 0.05) is 6.42 Å². The van der Waals surface area contributed by atoms with Gasteiger partial charge in [0.1, 0.15) is 0 Å². The summed E-state index contributed by atoms with van der Waals surface area (Å²) in [6, 6.07) is 7.23. The van der Waals surface area contributed by atoms with Gasteiger partial charge in [0.25, 0.3) is 0 Å². The molecule has 0 aliphatic heterocycles. The van der Waals surface area contributed by atoms with E-state index in [4.69, 9.17) is 0 Å². The fourth-order valence-electron chi connectivity index (χ4n) is 2.53. The monoisotopic (exact) mass is 244 g/mol. The van der Waals surface area contributed by atoms with E-state index < -0.39 is 24.6 Å². The lowest BCUT2D eigenvalue weighted by molar-refractivity contribution is -0.153. The Morgan fingerprint density at radius 3 is 2.65 bits per heavy atom. The van der Waals surface area contributed by atoms with Crippen LogP contribution >= 0.6 is 0 Å². The maximum atomic E-state index is 12.4. The predicted octanol–water partition coefficient (Wildman–Crippen LogP) is 3.62. The minimum Gasteiger partial charge on any atom is -0.388 e. The highest BCUT2D eigenvalue weighted by Gasteiger charge is 2.36. The number of hydrogen-bond donors (Lipinski definition) is 1. The lowest BCUT2D eigenvalue weighted by atomic mass is 9.90. The van der Waals surface area contributed by atoms with Crippen molar-refractivity contribution >= 4 is 0 Å². The lowest BCUT2D eigenvalue weighted by Crippen LogP contribution is -2.20. The Morgan fingerprint density at radius 1 is 1.24 bits per heavy atom. The summed E-state index contributed by atoms with van der Waals surface area (Å²) in [6.07, 6.45) is -4.21. The van der Waals surface area contributed by atoms with Crippen LogP contribution in [0.25, 0.3) is 0 Å². The van der Waals surface area contributed by atoms with E-state index in [1.54, 1.807) is 12.1 Å². The Kier molecular flexibility index (Phi) is 3.43. The number of aliphatic hydroxyl groups excluding tert-OH is 1. The van der Waals surface area contributed by atoms with Gasteiger partial charge in [0.05, 0.1) is 6.10 Å². The molecule has 0 heterocycles. The molecule has 0 saturated heterocycles. The van der Waals surface area contributed by atoms with Gasteiger partial charge in [-0.3, -0.25) is 0 Å². The number of rotatable bonds is 1. The minimum atomic E-state index is -4.20. The molecule has 1 aliphatic carbocycles. The van der Waals surface area contributed by atoms with E-state index in [1.165, 1.54) is 0 Å². The Morgan fingerprint density at radius 2 is 1.94 bits per heavy atom. The molecule has 0 amide bonds. The van der Waals surface area contributed by atoms with Crippen LogP contribution in [0.4, 0.5) is 13.2 Å². The summed E-state index contributed by atoms with van der Waals surface area (Å²) in [6.45, 7) is 0. The van der Waals surface area contributed by atoms with Crippen molar-refractivity contribution in [3.63, 3.8) is 0 Å². The molecule has 2 unspecified atom stereocenters. The van der Waals surface area contributed by atoms with Crippen molar-refractivity contribution in [3.05, 3.63) is 35.4 Å². The van der Waals surface area contributed by atoms with Crippen LogP contribution in [-0.4, -0.2) is 11.3 Å². The molecule has 1 aromatic rings. The van der Waals surface area contributed by atoms with E-state index in [9.17, 15) is 18.3 Å². The average Bonchev–Trinajstić information content (AvgIpc) is 2.39. The molecular formula is C13H15F3O. The first-order valence-corrected chi connectivity index (χ1v) is 5.80. The Bertz CT molecular complexity index is 386. The van der Waals surface area contributed by atoms with E-state index in [0.29, 0.717) is 18.4 Å². The third kappa shape index (κ3) is 3.00. The third-order valence-electron chi connectivity index (χ3n) is 3.33. The topological polar surface area (TPSA) is 20.2 Å². The fourth-order valence-corrected chi connectivity index (χ4v) is 2.53. The zero-order chi connectivity index (χ0) is 12.5. The van der Waals surface area contributed by atoms with E-state index >= 15 is 0 Å². The van der Waals surface area contributed by atoms with Crippen molar-refractivity contribution in [3.8, 4) is 0 Å². The highest BCUT2D eigenvalue weighted by atomic mass is 19.4. The summed E-state index contributed by atoms with van der Waals surface area (Å²) in [4.78, 5) is 0. The van der Waals surface area contributed by atoms with Gasteiger partial charge < -0.3 is 5.11 Å². The van der Waals surface area contributed by atoms with Gasteiger partial charge in [0.15, 0.2) is 0 Å². The smallest absolute Gasteiger partial charge is 0.388 e. The number of benzene rings is 1. The quantitative estimate of drug-likeness (QED) is 0.748. The molecule has 1 aromatic carbocycles. The highest BCUT2D eigenvalue weighted by molar-refractivity contribution is 5.30. The molecular weight excluding hydrogens is 229 g/mol. The summed E-state index contributed by atoms with van der Waals surface area (Å²) < 4.78 is 37.2. The van der Waals surface area contributed by atoms with Crippen LogP contribution in [0.2, 0.25) is 0 Å². The lowest BCUT2D eigenvalue weighted by Gasteiger charge is -2.22. The first-order valence-electron chi connectivity index (χ1n) is 5.80. The van der Waals surface area contributed by atoms with E-state index in [2.05, 4.69) is 0 Å². The molecule has 0 saturated carbocycles. The number of alkyl halides is 3. The molecule has 0 bridgehead atoms. The minimum absolute atomic E-state index is 0.426. The first-order chi connectivity index (χ1) is 7.97. The summed E-state index contributed by atoms with van der Waals surface area (Å²) in [5.41, 5.74) is 1.64. The Hall–Kier alpha value is -1.03. The van der Waals surface area contributed by atoms with Gasteiger partial charge in [0.2, 0.25) is 0 Å². The zero-order valence-corrected chi connectivity index (χ0v) is 9.37. The molecule has 1 aliphatic rings. The molecule has 0 radical (unpaired) electrons. The Labute approximate surface area is 98.3 Å². The van der Waals surface area contributed by atoms with Gasteiger partial charge in [-0.2, -0.15) is 13.2 Å². The summed E-state index contributed by atoms with van der Waals surface area (Å²) >= 11 is 0. The van der Waals surface area contributed by atoms with Crippen molar-refractivity contribution in [2.75, 3.05) is 0 Å². The Balaban J connectivity index is 2.23. The summed E-state index contributed by atoms with van der Waals surface area (Å²) in [7, 11) is 0. The molecule has 4 heteroatoms. The van der Waals surface area contributed by atoms with Crippen LogP contribution in [0.1, 0.15) is 36.5 Å². The molecule has 0 aromatic heterocycles. The second kappa shape index (κ2) is 4.69. The third-order valence-corrected chi connectivity index (χ3v) is 3.33. The average molecular weight is 244 g/mol. The van der Waals surface area contributed by atoms with Crippen molar-refractivity contribution in [1.29, 1.82) is 0 Å². The number of aryl methyl sites for hydroxylation is 1. The number of fused-ring (bicyclic) bond motifs is 1. The highest BCUT2D eigenvalue weighted by Crippen LogP contribution is 2.39. The molecule has 2 atom stereocenters. The van der Waals surface area contributed by atoms with Gasteiger partial charge >= 0.3 is 6.18 Å². The van der Waals surface area contributed by atoms with E-state index in [1.807, 2.05) is 12.1 Å². The molecule has 94 valence electrons. The van der Waals surface area contributed by atoms with Crippen molar-refractivity contribution < 1.29 is 18.3 Å². The number of hydrogen-bond acceptors (Lipinski definition) is 1. The predicted molar refractivity (Wildman–Crippen MR) is 58.5 cm³/mol. The SMILES string of the molecule is OC1c2ccccc2CCCC1CC(F)(F)F. The van der Waals surface area contributed by atoms with Crippen molar-refractivity contribution in [1.82, 2.24) is 0 Å². The van der Waals surface area contributed by atoms with Crippen LogP contribution in [-0.2, 0) is 6.42 Å². The van der Waals surface area contributed by atoms with E-state index in [-0.39, 0.29) is 0 Å². The second-order valence-electron chi connectivity index (χ2n) is 4.62. The molecule has 2 rings (SSSR count). The zero-order valence-electron chi connectivity index (χ0n) is 9.37. The molecule has 0 spiro atoms. The van der Waals surface area contributed by atoms with Crippen LogP contribution in [0.5, 0.6) is 0 Å². The van der Waals surface area contributed by atoms with Crippen LogP contribution in [0.15, 0.2) is 24.3 Å². The summed E-state index contributed by atoms with van der Waals surface area (Å²) in [5, 5.41) is 10.1. The maximum absolute atomic E-state index is 12.4. The molecule has 17 heavy (non-hydrogen) atoms. The summed E-state index contributed by atoms with van der Waals surface area (Å²) in [5.74, 6) is -0.710. The normalized spacial score (nSPS) is 25.2. The van der Waals surface area contributed by atoms with Crippen molar-refractivity contribution in [2.45, 2.75) is 38.0 Å². The molecule has 0 fully saturated rings. The second-order valence-corrected chi connectivity index (χ2v) is 4.62. The standard InChI is InChI=1S/C13H15F3O/c14-13(15,16)8-10-6-3-5-9-4-1-2-7-11(9)12(10)17/h1-2,4,7,10,12,17H,3,5-6,8H2. The number of halogens is 3. The number of aliphatic hydroxyl groups is 1. The van der Waals surface area contributed by atoms with Crippen LogP contribution in [0, 0.1) is 5.92 Å². The molecule has 1 nitrogen and oxygen atoms in total. The largest absolute Gasteiger partial charge is 0.389 e. The van der Waals surface area contributed by atoms with Gasteiger partial charge in [-0.25, -0.2) is 0 Å². The van der Waals surface area contributed by atoms with Crippen molar-refractivity contribution in [2.24, 2.45) is 5.92 Å². The van der Waals surface area contributed by atoms with Crippen LogP contribution in [0.3, 0.4) is 0 Å². The van der Waals surface area contributed by atoms with Gasteiger partial charge in [-0.05, 0) is 36.3 Å². The van der Waals surface area contributed by atoms with Gasteiger partial charge in [-0.1, -0.05) is 24.3 Å². The van der Waals surface area contributed by atoms with E-state index in [0.717, 1.165) is 12.0 Å².